The van der Waals surface area contributed by atoms with Gasteiger partial charge in [0.05, 0.1) is 0 Å². The quantitative estimate of drug-likeness (QED) is 0.150. The molecular weight excluding hydrogens is 593 g/mol. The number of benzene rings is 5. The van der Waals surface area contributed by atoms with Crippen molar-refractivity contribution in [1.29, 1.82) is 0 Å². The third-order valence-corrected chi connectivity index (χ3v) is 9.11. The highest BCUT2D eigenvalue weighted by Crippen LogP contribution is 2.39. The van der Waals surface area contributed by atoms with Crippen LogP contribution in [0.2, 0.25) is 0 Å². The van der Waals surface area contributed by atoms with Crippen molar-refractivity contribution < 1.29 is 0 Å². The van der Waals surface area contributed by atoms with Crippen LogP contribution in [-0.2, 0) is 0 Å². The van der Waals surface area contributed by atoms with Crippen LogP contribution in [0.25, 0.3) is 27.8 Å². The topological polar surface area (TPSA) is 24.1 Å². The van der Waals surface area contributed by atoms with Crippen LogP contribution in [0.1, 0.15) is 23.6 Å². The first-order chi connectivity index (χ1) is 24.1. The van der Waals surface area contributed by atoms with Gasteiger partial charge in [-0.05, 0) is 99.0 Å². The smallest absolute Gasteiger partial charge is 0.0470 e. The summed E-state index contributed by atoms with van der Waals surface area (Å²) in [5.41, 5.74) is 13.5. The second kappa shape index (κ2) is 14.8. The lowest BCUT2D eigenvalue weighted by molar-refractivity contribution is 0.585. The molecule has 0 saturated carbocycles. The number of hydrogen-bond donors (Lipinski definition) is 2. The molecule has 2 nitrogen and oxygen atoms in total. The fourth-order valence-electron chi connectivity index (χ4n) is 6.53. The predicted molar refractivity (Wildman–Crippen MR) is 211 cm³/mol. The fourth-order valence-corrected chi connectivity index (χ4v) is 6.53. The summed E-state index contributed by atoms with van der Waals surface area (Å²) in [6.45, 7) is 6.74. The minimum absolute atomic E-state index is 0.429. The Hall–Kier alpha value is -6.12. The zero-order valence-electron chi connectivity index (χ0n) is 27.8. The van der Waals surface area contributed by atoms with Gasteiger partial charge >= 0.3 is 0 Å². The molecule has 0 fully saturated rings. The average molecular weight is 633 g/mol. The van der Waals surface area contributed by atoms with E-state index in [4.69, 9.17) is 0 Å². The molecule has 5 aromatic carbocycles. The Bertz CT molecular complexity index is 2130. The van der Waals surface area contributed by atoms with E-state index in [1.165, 1.54) is 16.7 Å². The monoisotopic (exact) mass is 632 g/mol. The molecule has 0 bridgehead atoms. The molecule has 49 heavy (non-hydrogen) atoms. The van der Waals surface area contributed by atoms with Crippen molar-refractivity contribution in [2.75, 3.05) is 10.6 Å². The van der Waals surface area contributed by atoms with Crippen molar-refractivity contribution in [2.24, 2.45) is 11.8 Å². The molecule has 238 valence electrons. The lowest BCUT2D eigenvalue weighted by Crippen LogP contribution is -2.14. The second-order valence-corrected chi connectivity index (χ2v) is 12.6. The number of para-hydroxylation sites is 2. The molecule has 7 rings (SSSR count). The molecule has 2 N–H and O–H groups in total. The fraction of sp³-hybridized carbons (Fsp3) is 0.0638. The van der Waals surface area contributed by atoms with Gasteiger partial charge in [-0.2, -0.15) is 0 Å². The molecule has 0 amide bonds. The van der Waals surface area contributed by atoms with Crippen LogP contribution in [0, 0.1) is 11.8 Å². The minimum Gasteiger partial charge on any atom is -0.362 e. The van der Waals surface area contributed by atoms with E-state index in [1.807, 2.05) is 48.7 Å². The molecule has 2 atom stereocenters. The van der Waals surface area contributed by atoms with Gasteiger partial charge in [-0.1, -0.05) is 147 Å². The Labute approximate surface area is 290 Å². The Morgan fingerprint density at radius 2 is 1.41 bits per heavy atom. The summed E-state index contributed by atoms with van der Waals surface area (Å²) < 4.78 is 0. The van der Waals surface area contributed by atoms with E-state index in [-0.39, 0.29) is 0 Å². The van der Waals surface area contributed by atoms with Gasteiger partial charge in [0.25, 0.3) is 0 Å². The third-order valence-electron chi connectivity index (χ3n) is 9.11. The Morgan fingerprint density at radius 3 is 2.18 bits per heavy atom. The maximum Gasteiger partial charge on any atom is 0.0470 e. The van der Waals surface area contributed by atoms with Gasteiger partial charge in [0.2, 0.25) is 0 Å². The highest BCUT2D eigenvalue weighted by Gasteiger charge is 2.23. The summed E-state index contributed by atoms with van der Waals surface area (Å²) in [6.07, 6.45) is 19.9. The number of rotatable bonds is 10. The number of allylic oxidation sites excluding steroid dienone is 12. The highest BCUT2D eigenvalue weighted by molar-refractivity contribution is 5.91. The standard InChI is InChI=1S/C47H40N2/c1-34(36-15-6-3-7-16-36)29-39(27-28-48-43-20-8-4-9-21-43)37-18-14-19-41(31-37)46-26-25-38(33-47(46)49-44-22-10-5-11-23-44)42-30-35(2)45-24-13-12-17-40(45)32-42/h3-33,35,45,48-49H,1H2,2H3/b28-27-,39-29+. The number of nitrogens with one attached hydrogen (secondary N) is 2. The van der Waals surface area contributed by atoms with Crippen molar-refractivity contribution in [3.63, 3.8) is 0 Å². The van der Waals surface area contributed by atoms with Gasteiger partial charge in [-0.3, -0.25) is 0 Å². The van der Waals surface area contributed by atoms with E-state index in [9.17, 15) is 0 Å². The van der Waals surface area contributed by atoms with E-state index in [0.29, 0.717) is 11.8 Å². The van der Waals surface area contributed by atoms with E-state index in [0.717, 1.165) is 50.5 Å². The van der Waals surface area contributed by atoms with Crippen LogP contribution < -0.4 is 10.6 Å². The minimum atomic E-state index is 0.429. The molecule has 0 saturated heterocycles. The Kier molecular flexibility index (Phi) is 9.48. The maximum absolute atomic E-state index is 4.42. The molecule has 2 unspecified atom stereocenters. The van der Waals surface area contributed by atoms with E-state index >= 15 is 0 Å². The highest BCUT2D eigenvalue weighted by atomic mass is 14.9. The summed E-state index contributed by atoms with van der Waals surface area (Å²) in [5.74, 6) is 0.869. The molecule has 0 heterocycles. The van der Waals surface area contributed by atoms with Crippen LogP contribution in [0.4, 0.5) is 17.1 Å². The van der Waals surface area contributed by atoms with Gasteiger partial charge in [0, 0.05) is 34.7 Å². The van der Waals surface area contributed by atoms with Crippen LogP contribution >= 0.6 is 0 Å². The molecule has 0 radical (unpaired) electrons. The second-order valence-electron chi connectivity index (χ2n) is 12.6. The molecule has 0 aliphatic heterocycles. The normalized spacial score (nSPS) is 16.9. The van der Waals surface area contributed by atoms with Crippen molar-refractivity contribution in [3.05, 3.63) is 217 Å². The van der Waals surface area contributed by atoms with Gasteiger partial charge in [-0.25, -0.2) is 0 Å². The number of anilines is 3. The molecule has 2 heteroatoms. The van der Waals surface area contributed by atoms with Gasteiger partial charge < -0.3 is 10.6 Å². The zero-order valence-corrected chi connectivity index (χ0v) is 27.8. The lowest BCUT2D eigenvalue weighted by Gasteiger charge is -2.27. The van der Waals surface area contributed by atoms with Gasteiger partial charge in [0.15, 0.2) is 0 Å². The Morgan fingerprint density at radius 1 is 0.694 bits per heavy atom. The van der Waals surface area contributed by atoms with Crippen molar-refractivity contribution in [2.45, 2.75) is 6.92 Å². The first-order valence-corrected chi connectivity index (χ1v) is 16.9. The maximum atomic E-state index is 4.42. The van der Waals surface area contributed by atoms with Crippen molar-refractivity contribution in [3.8, 4) is 11.1 Å². The molecular formula is C47H40N2. The van der Waals surface area contributed by atoms with Crippen molar-refractivity contribution >= 4 is 33.8 Å². The Balaban J connectivity index is 1.27. The number of fused-ring (bicyclic) bond motifs is 1. The molecule has 0 spiro atoms. The van der Waals surface area contributed by atoms with Crippen LogP contribution in [0.15, 0.2) is 200 Å². The zero-order chi connectivity index (χ0) is 33.4. The summed E-state index contributed by atoms with van der Waals surface area (Å²) in [5, 5.41) is 7.17. The van der Waals surface area contributed by atoms with E-state index in [2.05, 4.69) is 164 Å². The molecule has 2 aliphatic rings. The van der Waals surface area contributed by atoms with E-state index < -0.39 is 0 Å². The van der Waals surface area contributed by atoms with E-state index in [1.54, 1.807) is 0 Å². The first-order valence-electron chi connectivity index (χ1n) is 16.9. The SMILES string of the molecule is C=C(/C=C(\C=C/Nc1ccccc1)c1cccc(-c2ccc(C3=CC(C)C4C=CC=CC4=C3)cc2Nc2ccccc2)c1)c1ccccc1. The third kappa shape index (κ3) is 7.56. The lowest BCUT2D eigenvalue weighted by atomic mass is 9.77. The van der Waals surface area contributed by atoms with Crippen LogP contribution in [0.5, 0.6) is 0 Å². The summed E-state index contributed by atoms with van der Waals surface area (Å²) in [6, 6.07) is 46.5. The summed E-state index contributed by atoms with van der Waals surface area (Å²) >= 11 is 0. The molecule has 5 aromatic rings. The van der Waals surface area contributed by atoms with Gasteiger partial charge in [-0.15, -0.1) is 0 Å². The number of hydrogen-bond acceptors (Lipinski definition) is 2. The largest absolute Gasteiger partial charge is 0.362 e. The summed E-state index contributed by atoms with van der Waals surface area (Å²) in [4.78, 5) is 0. The van der Waals surface area contributed by atoms with Crippen LogP contribution in [-0.4, -0.2) is 0 Å². The summed E-state index contributed by atoms with van der Waals surface area (Å²) in [7, 11) is 0. The van der Waals surface area contributed by atoms with Gasteiger partial charge in [0.1, 0.15) is 0 Å². The predicted octanol–water partition coefficient (Wildman–Crippen LogP) is 12.5. The molecule has 2 aliphatic carbocycles. The van der Waals surface area contributed by atoms with Crippen molar-refractivity contribution in [1.82, 2.24) is 0 Å². The first kappa shape index (κ1) is 31.5. The average Bonchev–Trinajstić information content (AvgIpc) is 3.15. The van der Waals surface area contributed by atoms with Crippen LogP contribution in [0.3, 0.4) is 0 Å². The molecule has 0 aromatic heterocycles.